The summed E-state index contributed by atoms with van der Waals surface area (Å²) in [6.07, 6.45) is 2.94. The third-order valence-electron chi connectivity index (χ3n) is 2.35. The third-order valence-corrected chi connectivity index (χ3v) is 3.24. The van der Waals surface area contributed by atoms with Gasteiger partial charge in [0.1, 0.15) is 5.01 Å². The SMILES string of the molecule is CCC(NCC(CN)OC)c1nccs1. The van der Waals surface area contributed by atoms with Crippen LogP contribution in [0.2, 0.25) is 0 Å². The number of nitrogens with zero attached hydrogens (tertiary/aromatic N) is 1. The van der Waals surface area contributed by atoms with Crippen LogP contribution in [0.15, 0.2) is 11.6 Å². The van der Waals surface area contributed by atoms with Crippen molar-refractivity contribution in [1.82, 2.24) is 10.3 Å². The quantitative estimate of drug-likeness (QED) is 0.736. The minimum atomic E-state index is 0.0824. The van der Waals surface area contributed by atoms with Crippen molar-refractivity contribution in [3.8, 4) is 0 Å². The monoisotopic (exact) mass is 229 g/mol. The van der Waals surface area contributed by atoms with Gasteiger partial charge in [-0.2, -0.15) is 0 Å². The maximum Gasteiger partial charge on any atom is 0.109 e. The van der Waals surface area contributed by atoms with Crippen LogP contribution in [-0.4, -0.2) is 31.3 Å². The van der Waals surface area contributed by atoms with Gasteiger partial charge in [-0.05, 0) is 6.42 Å². The van der Waals surface area contributed by atoms with E-state index >= 15 is 0 Å². The zero-order valence-corrected chi connectivity index (χ0v) is 10.1. The van der Waals surface area contributed by atoms with Crippen LogP contribution >= 0.6 is 11.3 Å². The Bertz CT molecular complexity index is 249. The molecule has 0 spiro atoms. The van der Waals surface area contributed by atoms with E-state index in [4.69, 9.17) is 10.5 Å². The molecule has 5 heteroatoms. The van der Waals surface area contributed by atoms with Gasteiger partial charge < -0.3 is 15.8 Å². The van der Waals surface area contributed by atoms with Gasteiger partial charge in [-0.3, -0.25) is 0 Å². The molecule has 3 N–H and O–H groups in total. The fourth-order valence-corrected chi connectivity index (χ4v) is 2.15. The average Bonchev–Trinajstić information content (AvgIpc) is 2.78. The number of hydrogen-bond acceptors (Lipinski definition) is 5. The van der Waals surface area contributed by atoms with E-state index < -0.39 is 0 Å². The van der Waals surface area contributed by atoms with E-state index in [2.05, 4.69) is 17.2 Å². The van der Waals surface area contributed by atoms with E-state index in [0.717, 1.165) is 18.0 Å². The molecule has 0 aromatic carbocycles. The molecule has 0 aliphatic rings. The van der Waals surface area contributed by atoms with E-state index in [1.807, 2.05) is 11.6 Å². The summed E-state index contributed by atoms with van der Waals surface area (Å²) in [5.41, 5.74) is 5.55. The number of ether oxygens (including phenoxy) is 1. The highest BCUT2D eigenvalue weighted by atomic mass is 32.1. The van der Waals surface area contributed by atoms with Gasteiger partial charge in [0.05, 0.1) is 12.1 Å². The standard InChI is InChI=1S/C10H19N3OS/c1-3-9(10-12-4-5-15-10)13-7-8(6-11)14-2/h4-5,8-9,13H,3,6-7,11H2,1-2H3. The average molecular weight is 229 g/mol. The number of thiazole rings is 1. The maximum atomic E-state index is 5.55. The number of rotatable bonds is 7. The van der Waals surface area contributed by atoms with Crippen LogP contribution in [0.4, 0.5) is 0 Å². The molecular formula is C10H19N3OS. The second-order valence-electron chi connectivity index (χ2n) is 3.33. The zero-order valence-electron chi connectivity index (χ0n) is 9.27. The molecule has 2 unspecified atom stereocenters. The van der Waals surface area contributed by atoms with Crippen molar-refractivity contribution in [2.45, 2.75) is 25.5 Å². The molecule has 2 atom stereocenters. The molecule has 1 aromatic heterocycles. The number of aromatic nitrogens is 1. The van der Waals surface area contributed by atoms with Crippen LogP contribution in [0.1, 0.15) is 24.4 Å². The van der Waals surface area contributed by atoms with Crippen molar-refractivity contribution >= 4 is 11.3 Å². The summed E-state index contributed by atoms with van der Waals surface area (Å²) in [6.45, 7) is 3.45. The lowest BCUT2D eigenvalue weighted by molar-refractivity contribution is 0.105. The molecule has 15 heavy (non-hydrogen) atoms. The van der Waals surface area contributed by atoms with Crippen LogP contribution in [0.3, 0.4) is 0 Å². The Labute approximate surface area is 94.8 Å². The first kappa shape index (κ1) is 12.6. The highest BCUT2D eigenvalue weighted by Gasteiger charge is 2.13. The van der Waals surface area contributed by atoms with Gasteiger partial charge in [0.2, 0.25) is 0 Å². The summed E-state index contributed by atoms with van der Waals surface area (Å²) >= 11 is 1.68. The Balaban J connectivity index is 2.41. The summed E-state index contributed by atoms with van der Waals surface area (Å²) in [5.74, 6) is 0. The first-order valence-electron chi connectivity index (χ1n) is 5.17. The van der Waals surface area contributed by atoms with Crippen LogP contribution in [-0.2, 0) is 4.74 Å². The summed E-state index contributed by atoms with van der Waals surface area (Å²) in [4.78, 5) is 4.30. The Kier molecular flexibility index (Phi) is 5.78. The fourth-order valence-electron chi connectivity index (χ4n) is 1.35. The van der Waals surface area contributed by atoms with Crippen LogP contribution in [0.25, 0.3) is 0 Å². The number of nitrogens with two attached hydrogens (primary N) is 1. The molecule has 0 aliphatic carbocycles. The van der Waals surface area contributed by atoms with E-state index in [0.29, 0.717) is 12.6 Å². The van der Waals surface area contributed by atoms with Crippen molar-refractivity contribution in [1.29, 1.82) is 0 Å². The van der Waals surface area contributed by atoms with Gasteiger partial charge in [0, 0.05) is 31.8 Å². The molecule has 0 saturated carbocycles. The van der Waals surface area contributed by atoms with E-state index in [-0.39, 0.29) is 6.10 Å². The molecule has 1 heterocycles. The molecule has 0 radical (unpaired) electrons. The predicted octanol–water partition coefficient (Wildman–Crippen LogP) is 1.16. The van der Waals surface area contributed by atoms with E-state index in [9.17, 15) is 0 Å². The molecule has 86 valence electrons. The lowest BCUT2D eigenvalue weighted by Crippen LogP contribution is -2.36. The molecule has 0 saturated heterocycles. The second-order valence-corrected chi connectivity index (χ2v) is 4.26. The van der Waals surface area contributed by atoms with E-state index in [1.54, 1.807) is 18.4 Å². The summed E-state index contributed by atoms with van der Waals surface area (Å²) < 4.78 is 5.21. The highest BCUT2D eigenvalue weighted by molar-refractivity contribution is 7.09. The Morgan fingerprint density at radius 3 is 2.93 bits per heavy atom. The summed E-state index contributed by atoms with van der Waals surface area (Å²) in [5, 5.41) is 6.54. The van der Waals surface area contributed by atoms with Crippen molar-refractivity contribution < 1.29 is 4.74 Å². The topological polar surface area (TPSA) is 60.2 Å². The molecular weight excluding hydrogens is 210 g/mol. The van der Waals surface area contributed by atoms with Gasteiger partial charge >= 0.3 is 0 Å². The van der Waals surface area contributed by atoms with Crippen molar-refractivity contribution in [3.05, 3.63) is 16.6 Å². The normalized spacial score (nSPS) is 15.1. The zero-order chi connectivity index (χ0) is 11.1. The smallest absolute Gasteiger partial charge is 0.109 e. The van der Waals surface area contributed by atoms with Gasteiger partial charge in [0.15, 0.2) is 0 Å². The minimum absolute atomic E-state index is 0.0824. The number of hydrogen-bond donors (Lipinski definition) is 2. The molecule has 0 bridgehead atoms. The Hall–Kier alpha value is -0.490. The van der Waals surface area contributed by atoms with Crippen LogP contribution in [0.5, 0.6) is 0 Å². The summed E-state index contributed by atoms with van der Waals surface area (Å²) in [7, 11) is 1.68. The summed E-state index contributed by atoms with van der Waals surface area (Å²) in [6, 6.07) is 0.314. The predicted molar refractivity (Wildman–Crippen MR) is 63.0 cm³/mol. The minimum Gasteiger partial charge on any atom is -0.379 e. The van der Waals surface area contributed by atoms with Crippen molar-refractivity contribution in [2.75, 3.05) is 20.2 Å². The lowest BCUT2D eigenvalue weighted by Gasteiger charge is -2.18. The highest BCUT2D eigenvalue weighted by Crippen LogP contribution is 2.18. The number of methoxy groups -OCH3 is 1. The van der Waals surface area contributed by atoms with Crippen LogP contribution < -0.4 is 11.1 Å². The first-order valence-corrected chi connectivity index (χ1v) is 6.05. The number of nitrogens with one attached hydrogen (secondary N) is 1. The fraction of sp³-hybridized carbons (Fsp3) is 0.700. The Morgan fingerprint density at radius 1 is 1.67 bits per heavy atom. The molecule has 0 fully saturated rings. The van der Waals surface area contributed by atoms with Crippen molar-refractivity contribution in [3.63, 3.8) is 0 Å². The van der Waals surface area contributed by atoms with E-state index in [1.165, 1.54) is 0 Å². The second kappa shape index (κ2) is 6.90. The van der Waals surface area contributed by atoms with Gasteiger partial charge in [-0.1, -0.05) is 6.92 Å². The van der Waals surface area contributed by atoms with Crippen molar-refractivity contribution in [2.24, 2.45) is 5.73 Å². The van der Waals surface area contributed by atoms with Crippen LogP contribution in [0, 0.1) is 0 Å². The molecule has 4 nitrogen and oxygen atoms in total. The van der Waals surface area contributed by atoms with Gasteiger partial charge in [-0.15, -0.1) is 11.3 Å². The molecule has 0 amide bonds. The Morgan fingerprint density at radius 2 is 2.47 bits per heavy atom. The lowest BCUT2D eigenvalue weighted by atomic mass is 10.2. The maximum absolute atomic E-state index is 5.55. The first-order chi connectivity index (χ1) is 7.31. The largest absolute Gasteiger partial charge is 0.379 e. The molecule has 0 aliphatic heterocycles. The van der Waals surface area contributed by atoms with Gasteiger partial charge in [0.25, 0.3) is 0 Å². The third kappa shape index (κ3) is 3.87. The van der Waals surface area contributed by atoms with Gasteiger partial charge in [-0.25, -0.2) is 4.98 Å². The molecule has 1 aromatic rings. The molecule has 1 rings (SSSR count).